The highest BCUT2D eigenvalue weighted by Gasteiger charge is 2.17. The molecule has 0 unspecified atom stereocenters. The van der Waals surface area contributed by atoms with E-state index in [-0.39, 0.29) is 0 Å². The summed E-state index contributed by atoms with van der Waals surface area (Å²) in [5.74, 6) is 0. The lowest BCUT2D eigenvalue weighted by molar-refractivity contribution is 1.27. The first-order chi connectivity index (χ1) is 43.4. The van der Waals surface area contributed by atoms with Crippen LogP contribution in [0.2, 0.25) is 39.3 Å². The van der Waals surface area contributed by atoms with Gasteiger partial charge >= 0.3 is 0 Å². The minimum absolute atomic E-state index is 1.17. The van der Waals surface area contributed by atoms with E-state index in [1.54, 1.807) is 0 Å². The summed E-state index contributed by atoms with van der Waals surface area (Å²) in [6.07, 6.45) is 0. The zero-order valence-electron chi connectivity index (χ0n) is 57.6. The summed E-state index contributed by atoms with van der Waals surface area (Å²) in [5.41, 5.74) is 30.4. The van der Waals surface area contributed by atoms with Crippen molar-refractivity contribution in [1.29, 1.82) is 0 Å². The van der Waals surface area contributed by atoms with Gasteiger partial charge in [-0.05, 0) is 176 Å². The summed E-state index contributed by atoms with van der Waals surface area (Å²) in [5, 5.41) is 3.04. The van der Waals surface area contributed by atoms with Gasteiger partial charge in [0.1, 0.15) is 0 Å². The molecule has 12 rings (SSSR count). The van der Waals surface area contributed by atoms with Gasteiger partial charge in [0.05, 0.1) is 16.1 Å². The van der Waals surface area contributed by atoms with Gasteiger partial charge in [-0.3, -0.25) is 0 Å². The quantitative estimate of drug-likeness (QED) is 0.133. The Morgan fingerprint density at radius 2 is 0.484 bits per heavy atom. The molecular formula is C89H98Si2. The third kappa shape index (κ3) is 21.6. The fourth-order valence-corrected chi connectivity index (χ4v) is 13.1. The molecule has 462 valence electrons. The normalized spacial score (nSPS) is 10.7. The van der Waals surface area contributed by atoms with Gasteiger partial charge in [-0.2, -0.15) is 0 Å². The van der Waals surface area contributed by atoms with Crippen LogP contribution in [-0.4, -0.2) is 16.1 Å². The van der Waals surface area contributed by atoms with Crippen molar-refractivity contribution in [1.82, 2.24) is 0 Å². The lowest BCUT2D eigenvalue weighted by Crippen LogP contribution is -2.37. The van der Waals surface area contributed by atoms with Gasteiger partial charge in [-0.25, -0.2) is 0 Å². The molecule has 0 fully saturated rings. The Labute approximate surface area is 551 Å². The number of hydrogen-bond acceptors (Lipinski definition) is 0. The van der Waals surface area contributed by atoms with Crippen LogP contribution in [0.4, 0.5) is 0 Å². The van der Waals surface area contributed by atoms with Crippen molar-refractivity contribution in [2.45, 2.75) is 115 Å². The summed E-state index contributed by atoms with van der Waals surface area (Å²) < 4.78 is 0. The second-order valence-electron chi connectivity index (χ2n) is 26.6. The predicted molar refractivity (Wildman–Crippen MR) is 409 cm³/mol. The van der Waals surface area contributed by atoms with Crippen molar-refractivity contribution in [3.63, 3.8) is 0 Å². The molecule has 0 atom stereocenters. The first-order valence-electron chi connectivity index (χ1n) is 32.3. The molecule has 0 bridgehead atoms. The maximum absolute atomic E-state index is 2.38. The predicted octanol–water partition coefficient (Wildman–Crippen LogP) is 24.6. The number of aryl methyl sites for hydroxylation is 10. The van der Waals surface area contributed by atoms with Crippen molar-refractivity contribution >= 4 is 26.5 Å². The second-order valence-corrected chi connectivity index (χ2v) is 36.7. The van der Waals surface area contributed by atoms with E-state index in [1.807, 2.05) is 12.1 Å². The minimum Gasteiger partial charge on any atom is -0.0656 e. The van der Waals surface area contributed by atoms with Crippen molar-refractivity contribution in [3.8, 4) is 66.8 Å². The molecule has 0 aliphatic rings. The van der Waals surface area contributed by atoms with E-state index in [0.717, 1.165) is 0 Å². The smallest absolute Gasteiger partial charge is 0.0656 e. The lowest BCUT2D eigenvalue weighted by atomic mass is 9.97. The Balaban J connectivity index is 0.000000155. The Bertz CT molecular complexity index is 4120. The van der Waals surface area contributed by atoms with Crippen molar-refractivity contribution in [3.05, 3.63) is 346 Å². The summed E-state index contributed by atoms with van der Waals surface area (Å²) in [7, 11) is -2.33. The average molecular weight is 1220 g/mol. The van der Waals surface area contributed by atoms with Gasteiger partial charge in [-0.1, -0.05) is 363 Å². The molecule has 0 radical (unpaired) electrons. The van der Waals surface area contributed by atoms with Crippen LogP contribution >= 0.6 is 0 Å². The fourth-order valence-electron chi connectivity index (χ4n) is 10.7. The molecule has 0 aromatic heterocycles. The molecule has 0 nitrogen and oxygen atoms in total. The molecule has 0 heterocycles. The Hall–Kier alpha value is -8.93. The van der Waals surface area contributed by atoms with Gasteiger partial charge in [-0.15, -0.1) is 0 Å². The molecule has 0 amide bonds. The van der Waals surface area contributed by atoms with E-state index in [9.17, 15) is 0 Å². The third-order valence-electron chi connectivity index (χ3n) is 16.7. The summed E-state index contributed by atoms with van der Waals surface area (Å²) >= 11 is 0. The fraction of sp³-hybridized carbons (Fsp3) is 0.191. The van der Waals surface area contributed by atoms with Crippen LogP contribution in [0.1, 0.15) is 61.2 Å². The SMILES string of the molecule is Cc1cc(-c2ccccc2)cc(C)c1C.Cc1cc(C)cc(-c2ccccc2)c1.Cc1ccc(-c2ccc([Si](C)(C)C)cc2)cc1.Cc1ccc(-c2ccccc2)cc1C.Cc1ccc(C)c(-c2ccccc2)c1.Cc1cccc(-c2ccc([Si](C)(C)C)cc2)c1. The lowest BCUT2D eigenvalue weighted by Gasteiger charge is -2.16. The van der Waals surface area contributed by atoms with Crippen LogP contribution in [0.3, 0.4) is 0 Å². The molecule has 0 aliphatic carbocycles. The van der Waals surface area contributed by atoms with Gasteiger partial charge in [0.2, 0.25) is 0 Å². The van der Waals surface area contributed by atoms with E-state index in [0.29, 0.717) is 0 Å². The van der Waals surface area contributed by atoms with E-state index >= 15 is 0 Å². The highest BCUT2D eigenvalue weighted by Crippen LogP contribution is 2.28. The molecule has 2 heteroatoms. The average Bonchev–Trinajstić information content (AvgIpc) is 1.80. The van der Waals surface area contributed by atoms with E-state index in [1.165, 1.54) is 138 Å². The largest absolute Gasteiger partial charge is 0.0775 e. The van der Waals surface area contributed by atoms with Gasteiger partial charge in [0.15, 0.2) is 0 Å². The first-order valence-corrected chi connectivity index (χ1v) is 39.3. The van der Waals surface area contributed by atoms with E-state index in [2.05, 4.69) is 388 Å². The molecule has 0 aliphatic heterocycles. The molecule has 0 spiro atoms. The van der Waals surface area contributed by atoms with E-state index < -0.39 is 16.1 Å². The standard InChI is InChI=1S/2C16H20Si.C15H16.3C14H14/c1-13-5-7-14(8-6-13)15-9-11-16(12-10-15)17(2,3)4;1-13-6-5-7-15(12-13)14-8-10-16(11-9-14)17(2,3)4;1-11-9-15(10-12(2)13(11)3)14-7-5-4-6-8-14;1-11-8-12(2)10-14(9-11)13-6-4-3-5-7-13;1-11-8-9-14(10-12(11)2)13-6-4-3-5-7-13;1-11-8-9-12(2)14(10-11)13-6-4-3-5-7-13/h2*5-12H,1-4H3;4-10H,1-3H3;3*3-10H,1-2H3. The van der Waals surface area contributed by atoms with Gasteiger partial charge in [0, 0.05) is 0 Å². The van der Waals surface area contributed by atoms with Crippen LogP contribution in [0.15, 0.2) is 285 Å². The molecule has 0 saturated heterocycles. The number of benzene rings is 12. The molecule has 0 N–H and O–H groups in total. The third-order valence-corrected chi connectivity index (χ3v) is 20.8. The van der Waals surface area contributed by atoms with Crippen LogP contribution in [0.5, 0.6) is 0 Å². The molecule has 91 heavy (non-hydrogen) atoms. The molecule has 0 saturated carbocycles. The molecular weight excluding hydrogens is 1130 g/mol. The highest BCUT2D eigenvalue weighted by atomic mass is 28.3. The monoisotopic (exact) mass is 1220 g/mol. The maximum Gasteiger partial charge on any atom is 0.0775 e. The van der Waals surface area contributed by atoms with Crippen molar-refractivity contribution < 1.29 is 0 Å². The first kappa shape index (κ1) is 69.5. The summed E-state index contributed by atoms with van der Waals surface area (Å²) in [6, 6.07) is 102. The Morgan fingerprint density at radius 3 is 0.912 bits per heavy atom. The zero-order chi connectivity index (χ0) is 65.7. The van der Waals surface area contributed by atoms with Crippen LogP contribution in [0.25, 0.3) is 66.8 Å². The molecule has 12 aromatic rings. The van der Waals surface area contributed by atoms with Crippen molar-refractivity contribution in [2.24, 2.45) is 0 Å². The van der Waals surface area contributed by atoms with E-state index in [4.69, 9.17) is 0 Å². The topological polar surface area (TPSA) is 0 Å². The second kappa shape index (κ2) is 33.2. The zero-order valence-corrected chi connectivity index (χ0v) is 59.6. The van der Waals surface area contributed by atoms with Gasteiger partial charge in [0.25, 0.3) is 0 Å². The number of hydrogen-bond donors (Lipinski definition) is 0. The minimum atomic E-state index is -1.17. The van der Waals surface area contributed by atoms with Crippen molar-refractivity contribution in [2.75, 3.05) is 0 Å². The van der Waals surface area contributed by atoms with Gasteiger partial charge < -0.3 is 0 Å². The van der Waals surface area contributed by atoms with Crippen LogP contribution in [0, 0.1) is 76.2 Å². The van der Waals surface area contributed by atoms with Crippen LogP contribution < -0.4 is 10.4 Å². The Kier molecular flexibility index (Phi) is 25.4. The summed E-state index contributed by atoms with van der Waals surface area (Å²) in [4.78, 5) is 0. The summed E-state index contributed by atoms with van der Waals surface area (Å²) in [6.45, 7) is 38.0. The molecule has 12 aromatic carbocycles. The van der Waals surface area contributed by atoms with Crippen LogP contribution in [-0.2, 0) is 0 Å². The number of rotatable bonds is 8. The Morgan fingerprint density at radius 1 is 0.176 bits per heavy atom. The maximum atomic E-state index is 2.38. The highest BCUT2D eigenvalue weighted by molar-refractivity contribution is 6.89.